The molecule has 1 aromatic heterocycles. The van der Waals surface area contributed by atoms with Crippen molar-refractivity contribution in [3.05, 3.63) is 58.8 Å². The van der Waals surface area contributed by atoms with Gasteiger partial charge in [0.1, 0.15) is 11.6 Å². The monoisotopic (exact) mass is 408 g/mol. The summed E-state index contributed by atoms with van der Waals surface area (Å²) in [6, 6.07) is 8.85. The predicted molar refractivity (Wildman–Crippen MR) is 111 cm³/mol. The number of benzene rings is 1. The van der Waals surface area contributed by atoms with E-state index in [0.29, 0.717) is 34.8 Å². The van der Waals surface area contributed by atoms with E-state index in [9.17, 15) is 4.39 Å². The Morgan fingerprint density at radius 2 is 1.85 bits per heavy atom. The smallest absolute Gasteiger partial charge is 0.169 e. The molecule has 0 unspecified atom stereocenters. The van der Waals surface area contributed by atoms with Crippen LogP contribution in [0.3, 0.4) is 0 Å². The third-order valence-electron chi connectivity index (χ3n) is 5.06. The molecule has 1 aliphatic carbocycles. The Labute approximate surface area is 170 Å². The fraction of sp³-hybridized carbons (Fsp3) is 0.476. The van der Waals surface area contributed by atoms with Crippen LogP contribution in [0.25, 0.3) is 0 Å². The standard InChI is InChI=1S/C21H26ClFN2OS/c22-19-11-6-12-20(23)18(19)15-25(14-17-10-7-13-26-17)21(27)24-16-8-4-2-1-3-5-9-16/h6-7,10-13,16H,1-5,8-9,14-15H2,(H,24,27). The third-order valence-corrected chi connectivity index (χ3v) is 5.79. The largest absolute Gasteiger partial charge is 0.467 e. The lowest BCUT2D eigenvalue weighted by atomic mass is 9.97. The van der Waals surface area contributed by atoms with Gasteiger partial charge in [0, 0.05) is 23.2 Å². The minimum atomic E-state index is -0.319. The number of rotatable bonds is 5. The van der Waals surface area contributed by atoms with E-state index in [0.717, 1.165) is 18.6 Å². The molecule has 1 N–H and O–H groups in total. The average molecular weight is 409 g/mol. The lowest BCUT2D eigenvalue weighted by molar-refractivity contribution is 0.334. The molecule has 0 radical (unpaired) electrons. The summed E-state index contributed by atoms with van der Waals surface area (Å²) in [5.74, 6) is 0.463. The molecule has 2 aromatic rings. The summed E-state index contributed by atoms with van der Waals surface area (Å²) in [5.41, 5.74) is 0.451. The molecule has 6 heteroatoms. The highest BCUT2D eigenvalue weighted by Crippen LogP contribution is 2.23. The maximum absolute atomic E-state index is 14.3. The SMILES string of the molecule is Fc1cccc(Cl)c1CN(Cc1ccco1)C(=S)NC1CCCCCCC1. The van der Waals surface area contributed by atoms with E-state index in [-0.39, 0.29) is 5.82 Å². The molecule has 0 spiro atoms. The summed E-state index contributed by atoms with van der Waals surface area (Å²) in [6.07, 6.45) is 10.2. The molecule has 1 heterocycles. The van der Waals surface area contributed by atoms with Gasteiger partial charge in [0.15, 0.2) is 5.11 Å². The van der Waals surface area contributed by atoms with E-state index in [2.05, 4.69) is 5.32 Å². The van der Waals surface area contributed by atoms with Crippen molar-refractivity contribution in [1.82, 2.24) is 10.2 Å². The molecule has 0 saturated heterocycles. The molecule has 3 rings (SSSR count). The van der Waals surface area contributed by atoms with Gasteiger partial charge in [-0.2, -0.15) is 0 Å². The molecule has 146 valence electrons. The summed E-state index contributed by atoms with van der Waals surface area (Å²) >= 11 is 11.9. The van der Waals surface area contributed by atoms with Crippen LogP contribution in [0, 0.1) is 5.82 Å². The van der Waals surface area contributed by atoms with Gasteiger partial charge in [0.2, 0.25) is 0 Å². The van der Waals surface area contributed by atoms with Gasteiger partial charge in [0.25, 0.3) is 0 Å². The fourth-order valence-corrected chi connectivity index (χ4v) is 4.05. The molecule has 0 atom stereocenters. The zero-order valence-electron chi connectivity index (χ0n) is 15.4. The maximum Gasteiger partial charge on any atom is 0.169 e. The molecule has 0 aliphatic heterocycles. The Bertz CT molecular complexity index is 710. The molecule has 1 fully saturated rings. The van der Waals surface area contributed by atoms with Crippen LogP contribution in [-0.2, 0) is 13.1 Å². The summed E-state index contributed by atoms with van der Waals surface area (Å²) in [6.45, 7) is 0.765. The second kappa shape index (κ2) is 10.1. The lowest BCUT2D eigenvalue weighted by Crippen LogP contribution is -2.44. The van der Waals surface area contributed by atoms with Crippen molar-refractivity contribution in [3.8, 4) is 0 Å². The Hall–Kier alpha value is -1.59. The van der Waals surface area contributed by atoms with Crippen molar-refractivity contribution in [2.75, 3.05) is 0 Å². The van der Waals surface area contributed by atoms with Crippen LogP contribution < -0.4 is 5.32 Å². The summed E-state index contributed by atoms with van der Waals surface area (Å²) in [4.78, 5) is 1.93. The molecule has 0 amide bonds. The number of thiocarbonyl (C=S) groups is 1. The zero-order chi connectivity index (χ0) is 19.1. The van der Waals surface area contributed by atoms with Gasteiger partial charge >= 0.3 is 0 Å². The van der Waals surface area contributed by atoms with Gasteiger partial charge in [-0.3, -0.25) is 0 Å². The van der Waals surface area contributed by atoms with Crippen molar-refractivity contribution in [3.63, 3.8) is 0 Å². The fourth-order valence-electron chi connectivity index (χ4n) is 3.53. The topological polar surface area (TPSA) is 28.4 Å². The van der Waals surface area contributed by atoms with Gasteiger partial charge in [-0.15, -0.1) is 0 Å². The third kappa shape index (κ3) is 5.94. The molecule has 1 aliphatic rings. The first-order valence-corrected chi connectivity index (χ1v) is 10.4. The van der Waals surface area contributed by atoms with E-state index in [1.165, 1.54) is 38.2 Å². The van der Waals surface area contributed by atoms with E-state index < -0.39 is 0 Å². The first kappa shape index (κ1) is 20.2. The molecule has 1 saturated carbocycles. The van der Waals surface area contributed by atoms with Crippen LogP contribution in [0.2, 0.25) is 5.02 Å². The van der Waals surface area contributed by atoms with Crippen molar-refractivity contribution in [2.45, 2.75) is 64.1 Å². The molecule has 27 heavy (non-hydrogen) atoms. The summed E-state index contributed by atoms with van der Waals surface area (Å²) < 4.78 is 19.8. The highest BCUT2D eigenvalue weighted by Gasteiger charge is 2.20. The van der Waals surface area contributed by atoms with Gasteiger partial charge in [-0.05, 0) is 49.3 Å². The van der Waals surface area contributed by atoms with E-state index in [1.54, 1.807) is 18.4 Å². The first-order chi connectivity index (χ1) is 13.1. The van der Waals surface area contributed by atoms with Crippen molar-refractivity contribution in [1.29, 1.82) is 0 Å². The highest BCUT2D eigenvalue weighted by atomic mass is 35.5. The zero-order valence-corrected chi connectivity index (χ0v) is 17.0. The number of hydrogen-bond donors (Lipinski definition) is 1. The number of nitrogens with one attached hydrogen (secondary N) is 1. The number of halogens is 2. The minimum Gasteiger partial charge on any atom is -0.467 e. The van der Waals surface area contributed by atoms with Crippen LogP contribution in [0.15, 0.2) is 41.0 Å². The van der Waals surface area contributed by atoms with Gasteiger partial charge in [-0.1, -0.05) is 49.8 Å². The quantitative estimate of drug-likeness (QED) is 0.608. The number of furan rings is 1. The Morgan fingerprint density at radius 1 is 1.11 bits per heavy atom. The number of hydrogen-bond acceptors (Lipinski definition) is 2. The Morgan fingerprint density at radius 3 is 2.52 bits per heavy atom. The van der Waals surface area contributed by atoms with Gasteiger partial charge < -0.3 is 14.6 Å². The van der Waals surface area contributed by atoms with E-state index >= 15 is 0 Å². The van der Waals surface area contributed by atoms with Crippen LogP contribution in [0.4, 0.5) is 4.39 Å². The first-order valence-electron chi connectivity index (χ1n) is 9.64. The van der Waals surface area contributed by atoms with Crippen LogP contribution >= 0.6 is 23.8 Å². The number of nitrogens with zero attached hydrogens (tertiary/aromatic N) is 1. The van der Waals surface area contributed by atoms with Crippen molar-refractivity contribution < 1.29 is 8.81 Å². The second-order valence-electron chi connectivity index (χ2n) is 7.13. The molecule has 1 aromatic carbocycles. The molecule has 0 bridgehead atoms. The molecule has 3 nitrogen and oxygen atoms in total. The van der Waals surface area contributed by atoms with Crippen LogP contribution in [0.1, 0.15) is 56.3 Å². The van der Waals surface area contributed by atoms with Gasteiger partial charge in [0.05, 0.1) is 12.8 Å². The lowest BCUT2D eigenvalue weighted by Gasteiger charge is -2.30. The second-order valence-corrected chi connectivity index (χ2v) is 7.92. The normalized spacial score (nSPS) is 15.8. The van der Waals surface area contributed by atoms with E-state index in [1.807, 2.05) is 17.0 Å². The molecular formula is C21H26ClFN2OS. The Balaban J connectivity index is 1.73. The van der Waals surface area contributed by atoms with Crippen molar-refractivity contribution in [2.24, 2.45) is 0 Å². The molecular weight excluding hydrogens is 383 g/mol. The van der Waals surface area contributed by atoms with Crippen molar-refractivity contribution >= 4 is 28.9 Å². The summed E-state index contributed by atoms with van der Waals surface area (Å²) in [5, 5.41) is 4.54. The maximum atomic E-state index is 14.3. The predicted octanol–water partition coefficient (Wildman–Crippen LogP) is 6.06. The van der Waals surface area contributed by atoms with Crippen LogP contribution in [0.5, 0.6) is 0 Å². The minimum absolute atomic E-state index is 0.296. The summed E-state index contributed by atoms with van der Waals surface area (Å²) in [7, 11) is 0. The Kier molecular flexibility index (Phi) is 7.53. The van der Waals surface area contributed by atoms with Gasteiger partial charge in [-0.25, -0.2) is 4.39 Å². The average Bonchev–Trinajstić information content (AvgIpc) is 3.12. The highest BCUT2D eigenvalue weighted by molar-refractivity contribution is 7.80. The van der Waals surface area contributed by atoms with E-state index in [4.69, 9.17) is 28.2 Å². The van der Waals surface area contributed by atoms with Crippen LogP contribution in [-0.4, -0.2) is 16.1 Å².